The Morgan fingerprint density at radius 1 is 0.750 bits per heavy atom. The van der Waals surface area contributed by atoms with Gasteiger partial charge in [-0.15, -0.1) is 0 Å². The van der Waals surface area contributed by atoms with Crippen LogP contribution in [-0.2, 0) is 4.79 Å². The first kappa shape index (κ1) is 21.3. The summed E-state index contributed by atoms with van der Waals surface area (Å²) in [6.45, 7) is 4.28. The topological polar surface area (TPSA) is 20.3 Å². The van der Waals surface area contributed by atoms with Gasteiger partial charge < -0.3 is 4.90 Å². The summed E-state index contributed by atoms with van der Waals surface area (Å²) in [6.07, 6.45) is 25.0. The van der Waals surface area contributed by atoms with Crippen LogP contribution >= 0.6 is 0 Å². The number of unbranched alkanes of at least 4 members (excludes halogenated alkanes) is 11. The van der Waals surface area contributed by atoms with Crippen LogP contribution in [0.1, 0.15) is 110 Å². The summed E-state index contributed by atoms with van der Waals surface area (Å²) < 4.78 is 0. The van der Waals surface area contributed by atoms with Gasteiger partial charge in [-0.3, -0.25) is 4.79 Å². The number of carbonyl (C=O) groups excluding carboxylic acids is 1. The van der Waals surface area contributed by atoms with Gasteiger partial charge in [0.25, 0.3) is 0 Å². The molecule has 1 amide bonds. The number of nitrogens with zero attached hydrogens (tertiary/aromatic N) is 1. The third-order valence-corrected chi connectivity index (χ3v) is 5.11. The molecule has 0 saturated carbocycles. The number of rotatable bonds is 15. The highest BCUT2D eigenvalue weighted by Crippen LogP contribution is 2.13. The lowest BCUT2D eigenvalue weighted by molar-refractivity contribution is -0.130. The molecule has 0 atom stereocenters. The number of allylic oxidation sites excluding steroid dienone is 2. The predicted octanol–water partition coefficient (Wildman–Crippen LogP) is 6.65. The molecular formula is C22H41NO. The van der Waals surface area contributed by atoms with E-state index in [2.05, 4.69) is 24.0 Å². The zero-order valence-electron chi connectivity index (χ0n) is 16.2. The molecule has 0 unspecified atom stereocenters. The summed E-state index contributed by atoms with van der Waals surface area (Å²) in [6, 6.07) is 0. The van der Waals surface area contributed by atoms with Crippen LogP contribution in [0, 0.1) is 0 Å². The second-order valence-electron chi connectivity index (χ2n) is 7.42. The first-order valence-electron chi connectivity index (χ1n) is 10.8. The van der Waals surface area contributed by atoms with Crippen molar-refractivity contribution in [3.05, 3.63) is 12.2 Å². The van der Waals surface area contributed by atoms with Gasteiger partial charge in [0.1, 0.15) is 0 Å². The number of carbonyl (C=O) groups is 1. The van der Waals surface area contributed by atoms with Crippen LogP contribution in [0.3, 0.4) is 0 Å². The Balaban J connectivity index is 1.77. The van der Waals surface area contributed by atoms with E-state index in [9.17, 15) is 4.79 Å². The average Bonchev–Trinajstić information content (AvgIpc) is 3.13. The molecule has 0 aliphatic carbocycles. The Morgan fingerprint density at radius 3 is 1.83 bits per heavy atom. The molecule has 0 radical (unpaired) electrons. The van der Waals surface area contributed by atoms with Crippen LogP contribution < -0.4 is 0 Å². The highest BCUT2D eigenvalue weighted by atomic mass is 16.2. The molecule has 2 nitrogen and oxygen atoms in total. The molecule has 140 valence electrons. The van der Waals surface area contributed by atoms with Gasteiger partial charge in [-0.1, -0.05) is 70.4 Å². The Kier molecular flexibility index (Phi) is 13.9. The van der Waals surface area contributed by atoms with Crippen molar-refractivity contribution in [3.63, 3.8) is 0 Å². The average molecular weight is 336 g/mol. The van der Waals surface area contributed by atoms with Gasteiger partial charge in [0, 0.05) is 19.5 Å². The third-order valence-electron chi connectivity index (χ3n) is 5.11. The Hall–Kier alpha value is -0.790. The quantitative estimate of drug-likeness (QED) is 0.242. The molecule has 1 saturated heterocycles. The van der Waals surface area contributed by atoms with Crippen LogP contribution in [0.4, 0.5) is 0 Å². The fourth-order valence-corrected chi connectivity index (χ4v) is 3.47. The fraction of sp³-hybridized carbons (Fsp3) is 0.864. The van der Waals surface area contributed by atoms with E-state index < -0.39 is 0 Å². The van der Waals surface area contributed by atoms with Gasteiger partial charge in [0.05, 0.1) is 0 Å². The second kappa shape index (κ2) is 15.7. The van der Waals surface area contributed by atoms with Gasteiger partial charge in [0.2, 0.25) is 5.91 Å². The van der Waals surface area contributed by atoms with Gasteiger partial charge >= 0.3 is 0 Å². The molecule has 0 aromatic rings. The molecule has 1 rings (SSSR count). The highest BCUT2D eigenvalue weighted by Gasteiger charge is 2.16. The first-order chi connectivity index (χ1) is 11.8. The lowest BCUT2D eigenvalue weighted by atomic mass is 10.1. The Labute approximate surface area is 151 Å². The van der Waals surface area contributed by atoms with Crippen molar-refractivity contribution < 1.29 is 4.79 Å². The lowest BCUT2D eigenvalue weighted by Gasteiger charge is -2.14. The minimum atomic E-state index is 0.394. The summed E-state index contributed by atoms with van der Waals surface area (Å²) in [5, 5.41) is 0. The molecule has 0 bridgehead atoms. The Bertz CT molecular complexity index is 318. The number of amides is 1. The zero-order chi connectivity index (χ0) is 17.3. The molecule has 1 aliphatic heterocycles. The van der Waals surface area contributed by atoms with Crippen LogP contribution in [0.15, 0.2) is 12.2 Å². The van der Waals surface area contributed by atoms with E-state index in [4.69, 9.17) is 0 Å². The molecule has 0 spiro atoms. The van der Waals surface area contributed by atoms with Crippen molar-refractivity contribution >= 4 is 5.91 Å². The fourth-order valence-electron chi connectivity index (χ4n) is 3.47. The van der Waals surface area contributed by atoms with Crippen LogP contribution in [0.5, 0.6) is 0 Å². The molecule has 1 aliphatic rings. The maximum absolute atomic E-state index is 11.9. The number of hydrogen-bond donors (Lipinski definition) is 0. The minimum absolute atomic E-state index is 0.394. The molecule has 24 heavy (non-hydrogen) atoms. The van der Waals surface area contributed by atoms with Crippen molar-refractivity contribution in [2.24, 2.45) is 0 Å². The Morgan fingerprint density at radius 2 is 1.25 bits per heavy atom. The number of likely N-dealkylation sites (tertiary alicyclic amines) is 1. The van der Waals surface area contributed by atoms with Crippen LogP contribution in [0.2, 0.25) is 0 Å². The van der Waals surface area contributed by atoms with E-state index >= 15 is 0 Å². The van der Waals surface area contributed by atoms with Crippen molar-refractivity contribution in [2.45, 2.75) is 110 Å². The third kappa shape index (κ3) is 11.7. The van der Waals surface area contributed by atoms with E-state index in [1.165, 1.54) is 89.9 Å². The summed E-state index contributed by atoms with van der Waals surface area (Å²) in [4.78, 5) is 13.9. The van der Waals surface area contributed by atoms with Crippen LogP contribution in [-0.4, -0.2) is 23.9 Å². The van der Waals surface area contributed by atoms with E-state index in [0.717, 1.165) is 25.9 Å². The molecule has 1 heterocycles. The first-order valence-corrected chi connectivity index (χ1v) is 10.8. The van der Waals surface area contributed by atoms with Gasteiger partial charge in [-0.25, -0.2) is 0 Å². The predicted molar refractivity (Wildman–Crippen MR) is 105 cm³/mol. The van der Waals surface area contributed by atoms with Crippen LogP contribution in [0.25, 0.3) is 0 Å². The molecule has 0 N–H and O–H groups in total. The minimum Gasteiger partial charge on any atom is -0.343 e. The summed E-state index contributed by atoms with van der Waals surface area (Å²) in [5.41, 5.74) is 0. The second-order valence-corrected chi connectivity index (χ2v) is 7.42. The summed E-state index contributed by atoms with van der Waals surface area (Å²) in [7, 11) is 0. The van der Waals surface area contributed by atoms with Gasteiger partial charge in [-0.05, 0) is 44.9 Å². The zero-order valence-corrected chi connectivity index (χ0v) is 16.2. The van der Waals surface area contributed by atoms with Crippen molar-refractivity contribution in [1.29, 1.82) is 0 Å². The maximum Gasteiger partial charge on any atom is 0.222 e. The van der Waals surface area contributed by atoms with E-state index in [-0.39, 0.29) is 0 Å². The van der Waals surface area contributed by atoms with Crippen molar-refractivity contribution in [3.8, 4) is 0 Å². The molecule has 2 heteroatoms. The molecule has 0 aromatic heterocycles. The summed E-state index contributed by atoms with van der Waals surface area (Å²) >= 11 is 0. The maximum atomic E-state index is 11.9. The standard InChI is InChI=1S/C22H41NO/c1-2-3-4-5-6-7-8-9-10-11-12-13-14-15-16-19-22(24)23-20-17-18-21-23/h9-10H,2-8,11-21H2,1H3. The van der Waals surface area contributed by atoms with Gasteiger partial charge in [-0.2, -0.15) is 0 Å². The molecule has 0 aromatic carbocycles. The monoisotopic (exact) mass is 335 g/mol. The smallest absolute Gasteiger partial charge is 0.222 e. The highest BCUT2D eigenvalue weighted by molar-refractivity contribution is 5.76. The van der Waals surface area contributed by atoms with E-state index in [1.54, 1.807) is 0 Å². The molecular weight excluding hydrogens is 294 g/mol. The van der Waals surface area contributed by atoms with Gasteiger partial charge in [0.15, 0.2) is 0 Å². The normalized spacial score (nSPS) is 14.8. The van der Waals surface area contributed by atoms with E-state index in [0.29, 0.717) is 5.91 Å². The summed E-state index contributed by atoms with van der Waals surface area (Å²) in [5.74, 6) is 0.394. The number of hydrogen-bond acceptors (Lipinski definition) is 1. The van der Waals surface area contributed by atoms with E-state index in [1.807, 2.05) is 0 Å². The SMILES string of the molecule is CCCCCCCCC=CCCCCCCCC(=O)N1CCCC1. The lowest BCUT2D eigenvalue weighted by Crippen LogP contribution is -2.27. The van der Waals surface area contributed by atoms with Crippen molar-refractivity contribution in [1.82, 2.24) is 4.90 Å². The largest absolute Gasteiger partial charge is 0.343 e. The molecule has 1 fully saturated rings. The van der Waals surface area contributed by atoms with Crippen molar-refractivity contribution in [2.75, 3.05) is 13.1 Å².